The van der Waals surface area contributed by atoms with Gasteiger partial charge in [0.1, 0.15) is 5.84 Å². The fourth-order valence-electron chi connectivity index (χ4n) is 2.09. The number of carbonyl (C=O) groups is 2. The lowest BCUT2D eigenvalue weighted by Crippen LogP contribution is -2.38. The van der Waals surface area contributed by atoms with Crippen molar-refractivity contribution in [2.75, 3.05) is 79.2 Å². The lowest BCUT2D eigenvalue weighted by Gasteiger charge is -2.15. The van der Waals surface area contributed by atoms with Crippen LogP contribution in [-0.4, -0.2) is 102 Å². The van der Waals surface area contributed by atoms with Crippen molar-refractivity contribution < 1.29 is 28.5 Å². The highest BCUT2D eigenvalue weighted by molar-refractivity contribution is 7.15. The van der Waals surface area contributed by atoms with Crippen LogP contribution in [0.1, 0.15) is 34.1 Å². The van der Waals surface area contributed by atoms with E-state index >= 15 is 0 Å². The van der Waals surface area contributed by atoms with Gasteiger partial charge in [-0.1, -0.05) is 34.4 Å². The third-order valence-electron chi connectivity index (χ3n) is 3.45. The summed E-state index contributed by atoms with van der Waals surface area (Å²) in [5, 5.41) is 10.2. The highest BCUT2D eigenvalue weighted by Crippen LogP contribution is 2.02. The van der Waals surface area contributed by atoms with Gasteiger partial charge in [0.2, 0.25) is 5.91 Å². The van der Waals surface area contributed by atoms with Crippen molar-refractivity contribution in [2.45, 2.75) is 34.1 Å². The number of amides is 2. The second kappa shape index (κ2) is 30.6. The fraction of sp³-hybridized carbons (Fsp3) is 0.773. The van der Waals surface area contributed by atoms with E-state index in [-0.39, 0.29) is 30.6 Å². The van der Waals surface area contributed by atoms with Crippen LogP contribution in [0.4, 0.5) is 0 Å². The Kier molecular flexibility index (Phi) is 33.5. The first kappa shape index (κ1) is 36.2. The van der Waals surface area contributed by atoms with Gasteiger partial charge in [0.15, 0.2) is 0 Å². The lowest BCUT2D eigenvalue weighted by atomic mass is 10.4. The van der Waals surface area contributed by atoms with E-state index in [4.69, 9.17) is 30.1 Å². The molecule has 10 nitrogen and oxygen atoms in total. The predicted octanol–water partition coefficient (Wildman–Crippen LogP) is 1.44. The second-order valence-electron chi connectivity index (χ2n) is 5.55. The third kappa shape index (κ3) is 23.5. The van der Waals surface area contributed by atoms with Crippen molar-refractivity contribution >= 4 is 26.9 Å². The summed E-state index contributed by atoms with van der Waals surface area (Å²) in [5.74, 6) is -0.252. The molecule has 1 unspecified atom stereocenters. The van der Waals surface area contributed by atoms with Crippen molar-refractivity contribution in [2.24, 2.45) is 5.73 Å². The maximum atomic E-state index is 11.7. The van der Waals surface area contributed by atoms with Crippen LogP contribution in [0.15, 0.2) is 12.2 Å². The minimum Gasteiger partial charge on any atom is -0.379 e. The molecule has 1 atom stereocenters. The zero-order valence-electron chi connectivity index (χ0n) is 21.2. The molecule has 0 aromatic heterocycles. The largest absolute Gasteiger partial charge is 0.379 e. The van der Waals surface area contributed by atoms with Gasteiger partial charge in [-0.05, 0) is 6.08 Å². The first-order valence-electron chi connectivity index (χ1n) is 11.6. The van der Waals surface area contributed by atoms with Gasteiger partial charge in [-0.25, -0.2) is 0 Å². The van der Waals surface area contributed by atoms with Crippen LogP contribution in [0, 0.1) is 5.41 Å². The first-order chi connectivity index (χ1) is 16.1. The monoisotopic (exact) mass is 494 g/mol. The summed E-state index contributed by atoms with van der Waals surface area (Å²) in [7, 11) is 2.42. The molecule has 0 spiro atoms. The molecule has 2 amide bonds. The molecular weight excluding hydrogens is 447 g/mol. The zero-order valence-corrected chi connectivity index (χ0v) is 22.3. The number of hydrogen-bond donors (Lipinski definition) is 3. The Labute approximate surface area is 202 Å². The molecule has 1 aliphatic heterocycles. The average Bonchev–Trinajstić information content (AvgIpc) is 3.18. The summed E-state index contributed by atoms with van der Waals surface area (Å²) in [6.45, 7) is 14.7. The Morgan fingerprint density at radius 3 is 1.79 bits per heavy atom. The normalized spacial score (nSPS) is 11.7. The summed E-state index contributed by atoms with van der Waals surface area (Å²) in [4.78, 5) is 24.4. The first-order valence-corrected chi connectivity index (χ1v) is 12.7. The number of hydrogen-bond acceptors (Lipinski definition) is 8. The van der Waals surface area contributed by atoms with Crippen molar-refractivity contribution in [3.63, 3.8) is 0 Å². The smallest absolute Gasteiger partial charge is 0.252 e. The van der Waals surface area contributed by atoms with E-state index in [1.807, 2.05) is 34.4 Å². The molecule has 0 aromatic carbocycles. The Morgan fingerprint density at radius 2 is 1.36 bits per heavy atom. The van der Waals surface area contributed by atoms with Gasteiger partial charge in [0, 0.05) is 32.1 Å². The molecule has 1 rings (SSSR count). The Balaban J connectivity index is -0.00000138. The number of nitrogens with two attached hydrogens (primary N) is 1. The quantitative estimate of drug-likeness (QED) is 0.206. The minimum absolute atomic E-state index is 0.142. The van der Waals surface area contributed by atoms with E-state index in [9.17, 15) is 9.59 Å². The number of amidine groups is 1. The van der Waals surface area contributed by atoms with Crippen molar-refractivity contribution in [3.05, 3.63) is 12.2 Å². The fourth-order valence-corrected chi connectivity index (χ4v) is 2.09. The number of nitrogens with zero attached hydrogens (tertiary/aromatic N) is 1. The van der Waals surface area contributed by atoms with Gasteiger partial charge in [0.25, 0.3) is 5.91 Å². The summed E-state index contributed by atoms with van der Waals surface area (Å²) < 4.78 is 21.1. The molecule has 0 bridgehead atoms. The Morgan fingerprint density at radius 1 is 0.909 bits per heavy atom. The topological polar surface area (TPSA) is 136 Å². The Hall–Kier alpha value is -1.42. The summed E-state index contributed by atoms with van der Waals surface area (Å²) in [6.07, 6.45) is 3.00. The van der Waals surface area contributed by atoms with Gasteiger partial charge in [-0.3, -0.25) is 19.9 Å². The molecule has 1 heterocycles. The number of nitrogens with one attached hydrogen (secondary N) is 2. The molecule has 33 heavy (non-hydrogen) atoms. The molecule has 0 fully saturated rings. The lowest BCUT2D eigenvalue weighted by molar-refractivity contribution is -0.124. The predicted molar refractivity (Wildman–Crippen MR) is 137 cm³/mol. The maximum Gasteiger partial charge on any atom is 0.252 e. The number of ether oxygens (including phenoxy) is 4. The van der Waals surface area contributed by atoms with E-state index in [0.29, 0.717) is 65.9 Å². The van der Waals surface area contributed by atoms with Gasteiger partial charge in [-0.2, -0.15) is 0 Å². The van der Waals surface area contributed by atoms with Crippen LogP contribution >= 0.6 is 9.24 Å². The molecule has 0 aromatic rings. The molecule has 4 N–H and O–H groups in total. The zero-order chi connectivity index (χ0) is 25.7. The van der Waals surface area contributed by atoms with Gasteiger partial charge >= 0.3 is 0 Å². The van der Waals surface area contributed by atoms with Crippen LogP contribution in [0.5, 0.6) is 0 Å². The van der Waals surface area contributed by atoms with E-state index < -0.39 is 0 Å². The van der Waals surface area contributed by atoms with Crippen LogP contribution in [0.3, 0.4) is 0 Å². The van der Waals surface area contributed by atoms with E-state index in [1.165, 1.54) is 17.1 Å². The molecule has 0 aliphatic carbocycles. The number of rotatable bonds is 17. The third-order valence-corrected chi connectivity index (χ3v) is 3.45. The number of carbonyl (C=O) groups excluding carboxylic acids is 2. The molecule has 196 valence electrons. The molecular formula is C22H47N4O6P. The van der Waals surface area contributed by atoms with Crippen molar-refractivity contribution in [1.29, 1.82) is 5.41 Å². The van der Waals surface area contributed by atoms with E-state index in [0.717, 1.165) is 0 Å². The average molecular weight is 495 g/mol. The molecule has 0 radical (unpaired) electrons. The van der Waals surface area contributed by atoms with Crippen LogP contribution in [-0.2, 0) is 28.5 Å². The van der Waals surface area contributed by atoms with E-state index in [2.05, 4.69) is 14.6 Å². The van der Waals surface area contributed by atoms with Crippen LogP contribution < -0.4 is 11.1 Å². The van der Waals surface area contributed by atoms with Gasteiger partial charge in [-0.15, -0.1) is 9.24 Å². The maximum absolute atomic E-state index is 11.7. The highest BCUT2D eigenvalue weighted by atomic mass is 31.0. The van der Waals surface area contributed by atoms with Gasteiger partial charge in [0.05, 0.1) is 52.9 Å². The highest BCUT2D eigenvalue weighted by Gasteiger charge is 2.19. The van der Waals surface area contributed by atoms with E-state index in [1.54, 1.807) is 0 Å². The SMILES string of the molecule is CC.CC.CP.N=C1C=CC(=O)N1CCNC(=O)CCOCCOCCOCCOCCN. The molecule has 0 saturated heterocycles. The van der Waals surface area contributed by atoms with Crippen LogP contribution in [0.2, 0.25) is 0 Å². The molecule has 1 aliphatic rings. The van der Waals surface area contributed by atoms with Crippen LogP contribution in [0.25, 0.3) is 0 Å². The summed E-state index contributed by atoms with van der Waals surface area (Å²) in [5.41, 5.74) is 5.29. The Bertz CT molecular complexity index is 478. The summed E-state index contributed by atoms with van der Waals surface area (Å²) >= 11 is 0. The van der Waals surface area contributed by atoms with Gasteiger partial charge < -0.3 is 30.0 Å². The molecule has 11 heteroatoms. The second-order valence-corrected chi connectivity index (χ2v) is 5.55. The minimum atomic E-state index is -0.233. The van der Waals surface area contributed by atoms with Crippen molar-refractivity contribution in [3.8, 4) is 0 Å². The van der Waals surface area contributed by atoms with Crippen molar-refractivity contribution in [1.82, 2.24) is 10.2 Å². The summed E-state index contributed by atoms with van der Waals surface area (Å²) in [6, 6.07) is 0. The standard InChI is InChI=1S/C17H30N4O6.2C2H6.CH5P/c18-4-8-25-10-12-27-14-13-26-11-9-24-7-3-16(22)20-5-6-21-15(19)1-2-17(21)23;3*1-2/h1-2,19H,3-14,18H2,(H,20,22);2*1-2H3;2H2,1H3. The molecule has 0 saturated carbocycles.